The number of likely N-dealkylation sites (N-methyl/N-ethyl adjacent to an activating group) is 1. The summed E-state index contributed by atoms with van der Waals surface area (Å²) in [4.78, 5) is 36.4. The topological polar surface area (TPSA) is 140 Å². The molecule has 4 aromatic carbocycles. The highest BCUT2D eigenvalue weighted by Crippen LogP contribution is 2.32. The van der Waals surface area contributed by atoms with Crippen LogP contribution in [-0.4, -0.2) is 105 Å². The zero-order chi connectivity index (χ0) is 48.0. The molecule has 0 unspecified atom stereocenters. The molecule has 2 fully saturated rings. The van der Waals surface area contributed by atoms with Crippen LogP contribution in [0.1, 0.15) is 50.6 Å². The van der Waals surface area contributed by atoms with Crippen molar-refractivity contribution in [2.75, 3.05) is 43.0 Å². The molecule has 67 heavy (non-hydrogen) atoms. The maximum absolute atomic E-state index is 13.6. The summed E-state index contributed by atoms with van der Waals surface area (Å²) in [5.74, 6) is -3.20. The van der Waals surface area contributed by atoms with E-state index in [-0.39, 0.29) is 48.0 Å². The molecule has 0 saturated carbocycles. The lowest BCUT2D eigenvalue weighted by molar-refractivity contribution is -0.157. The van der Waals surface area contributed by atoms with E-state index in [0.717, 1.165) is 22.5 Å². The smallest absolute Gasteiger partial charge is 0.413 e. The fourth-order valence-electron chi connectivity index (χ4n) is 7.92. The number of carbonyl (C=O) groups excluding carboxylic acids is 2. The van der Waals surface area contributed by atoms with Crippen molar-refractivity contribution in [3.8, 4) is 22.9 Å². The van der Waals surface area contributed by atoms with Crippen LogP contribution in [0.3, 0.4) is 0 Å². The molecule has 1 N–H and O–H groups in total. The van der Waals surface area contributed by atoms with Crippen molar-refractivity contribution in [3.05, 3.63) is 132 Å². The second-order valence-electron chi connectivity index (χ2n) is 16.8. The number of halogens is 6. The van der Waals surface area contributed by atoms with Crippen LogP contribution in [0.5, 0.6) is 0 Å². The maximum atomic E-state index is 13.6. The Morgan fingerprint density at radius 2 is 0.925 bits per heavy atom. The number of hydrogen-bond acceptors (Lipinski definition) is 10. The van der Waals surface area contributed by atoms with Gasteiger partial charge in [0.15, 0.2) is 0 Å². The number of nitrogens with one attached hydrogen (secondary N) is 1. The molecule has 2 aromatic heterocycles. The third-order valence-electron chi connectivity index (χ3n) is 11.5. The molecule has 6 aromatic rings. The minimum absolute atomic E-state index is 0.0891. The highest BCUT2D eigenvalue weighted by Gasteiger charge is 2.39. The standard InChI is InChI=1S/C24H26F3N5O2.C23H24F3N5O2/c1-16-13-31(14-17(2)30(16)3)23(33)32(20-7-5-4-6-8-20)15-18-9-11-19(12-10-18)21-28-29-22(34-21)24(25,26)27;1-15-12-30(13-16(2)27-15)22(32)31(19-6-4-3-5-7-19)14-17-8-10-18(11-9-17)20-28-29-21(33-20)23(24,25)26/h4-12,16-17H,13-15H2,1-3H3;3-11,15-16,27H,12-14H2,1-2H3/t16-,17+;15-,16+. The number of rotatable bonds is 8. The summed E-state index contributed by atoms with van der Waals surface area (Å²) in [5.41, 5.74) is 3.88. The predicted octanol–water partition coefficient (Wildman–Crippen LogP) is 9.47. The third-order valence-corrected chi connectivity index (χ3v) is 11.5. The predicted molar refractivity (Wildman–Crippen MR) is 237 cm³/mol. The van der Waals surface area contributed by atoms with Gasteiger partial charge in [0.2, 0.25) is 11.8 Å². The van der Waals surface area contributed by atoms with E-state index >= 15 is 0 Å². The van der Waals surface area contributed by atoms with Crippen LogP contribution in [0, 0.1) is 0 Å². The number of alkyl halides is 6. The van der Waals surface area contributed by atoms with Crippen LogP contribution >= 0.6 is 0 Å². The largest absolute Gasteiger partial charge is 0.470 e. The van der Waals surface area contributed by atoms with Crippen molar-refractivity contribution < 1.29 is 44.8 Å². The van der Waals surface area contributed by atoms with Crippen LogP contribution in [0.2, 0.25) is 0 Å². The van der Waals surface area contributed by atoms with Gasteiger partial charge in [0.1, 0.15) is 0 Å². The molecule has 2 aliphatic heterocycles. The first kappa shape index (κ1) is 48.1. The van der Waals surface area contributed by atoms with Gasteiger partial charge >= 0.3 is 36.2 Å². The zero-order valence-corrected chi connectivity index (χ0v) is 37.4. The molecular weight excluding hydrogens is 883 g/mol. The number of urea groups is 2. The summed E-state index contributed by atoms with van der Waals surface area (Å²) >= 11 is 0. The van der Waals surface area contributed by atoms with Gasteiger partial charge in [-0.3, -0.25) is 14.7 Å². The quantitative estimate of drug-likeness (QED) is 0.147. The Labute approximate surface area is 383 Å². The molecule has 20 heteroatoms. The number of piperazine rings is 2. The van der Waals surface area contributed by atoms with Crippen molar-refractivity contribution in [2.45, 2.75) is 77.3 Å². The Morgan fingerprint density at radius 1 is 0.567 bits per heavy atom. The molecular formula is C47H50F6N10O4. The SMILES string of the molecule is C[C@@H]1CN(C(=O)N(Cc2ccc(-c3nnc(C(F)(F)F)o3)cc2)c2ccccc2)C[C@H](C)N1.C[C@@H]1CN(C(=O)N(Cc2ccc(-c3nnc(C(F)(F)F)o3)cc2)c2ccccc2)C[C@H](C)N1C. The van der Waals surface area contributed by atoms with E-state index in [0.29, 0.717) is 50.4 Å². The lowest BCUT2D eigenvalue weighted by Gasteiger charge is -2.43. The minimum Gasteiger partial charge on any atom is -0.413 e. The molecule has 2 saturated heterocycles. The average Bonchev–Trinajstić information content (AvgIpc) is 4.02. The van der Waals surface area contributed by atoms with Crippen LogP contribution in [0.4, 0.5) is 47.3 Å². The molecule has 0 aliphatic carbocycles. The lowest BCUT2D eigenvalue weighted by Crippen LogP contribution is -2.58. The Balaban J connectivity index is 0.000000199. The number of amides is 4. The van der Waals surface area contributed by atoms with Crippen molar-refractivity contribution >= 4 is 23.4 Å². The molecule has 4 amide bonds. The molecule has 0 spiro atoms. The number of aromatic nitrogens is 4. The number of benzene rings is 4. The first-order chi connectivity index (χ1) is 31.8. The first-order valence-electron chi connectivity index (χ1n) is 21.5. The van der Waals surface area contributed by atoms with Gasteiger partial charge in [-0.1, -0.05) is 60.7 Å². The first-order valence-corrected chi connectivity index (χ1v) is 21.5. The van der Waals surface area contributed by atoms with E-state index < -0.39 is 24.1 Å². The number of carbonyl (C=O) groups is 2. The summed E-state index contributed by atoms with van der Waals surface area (Å²) in [6, 6.07) is 32.8. The van der Waals surface area contributed by atoms with Crippen molar-refractivity contribution in [3.63, 3.8) is 0 Å². The van der Waals surface area contributed by atoms with Gasteiger partial charge in [-0.2, -0.15) is 26.3 Å². The van der Waals surface area contributed by atoms with Gasteiger partial charge in [-0.05, 0) is 94.4 Å². The van der Waals surface area contributed by atoms with Gasteiger partial charge in [0.05, 0.1) is 13.1 Å². The van der Waals surface area contributed by atoms with Crippen LogP contribution in [0.15, 0.2) is 118 Å². The average molecular weight is 933 g/mol. The molecule has 2 aliphatic rings. The van der Waals surface area contributed by atoms with E-state index in [1.807, 2.05) is 84.3 Å². The third kappa shape index (κ3) is 12.0. The molecule has 8 rings (SSSR count). The van der Waals surface area contributed by atoms with E-state index in [1.165, 1.54) is 0 Å². The minimum atomic E-state index is -4.69. The molecule has 14 nitrogen and oxygen atoms in total. The normalized spacial score (nSPS) is 19.1. The molecule has 4 heterocycles. The summed E-state index contributed by atoms with van der Waals surface area (Å²) < 4.78 is 85.9. The second kappa shape index (κ2) is 20.4. The van der Waals surface area contributed by atoms with Gasteiger partial charge in [0, 0.05) is 72.8 Å². The van der Waals surface area contributed by atoms with Crippen LogP contribution in [-0.2, 0) is 25.4 Å². The summed E-state index contributed by atoms with van der Waals surface area (Å²) in [7, 11) is 2.06. The van der Waals surface area contributed by atoms with Crippen molar-refractivity contribution in [1.29, 1.82) is 0 Å². The summed E-state index contributed by atoms with van der Waals surface area (Å²) in [5, 5.41) is 16.5. The number of para-hydroxylation sites is 2. The van der Waals surface area contributed by atoms with Crippen molar-refractivity contribution in [2.24, 2.45) is 0 Å². The van der Waals surface area contributed by atoms with Crippen LogP contribution in [0.25, 0.3) is 22.9 Å². The van der Waals surface area contributed by atoms with Gasteiger partial charge in [-0.25, -0.2) is 9.59 Å². The highest BCUT2D eigenvalue weighted by atomic mass is 19.4. The zero-order valence-electron chi connectivity index (χ0n) is 37.4. The van der Waals surface area contributed by atoms with Gasteiger partial charge in [-0.15, -0.1) is 20.4 Å². The fourth-order valence-corrected chi connectivity index (χ4v) is 7.92. The Kier molecular flexibility index (Phi) is 14.6. The van der Waals surface area contributed by atoms with E-state index in [1.54, 1.807) is 58.3 Å². The molecule has 4 atom stereocenters. The summed E-state index contributed by atoms with van der Waals surface area (Å²) in [6.07, 6.45) is -9.39. The number of hydrogen-bond donors (Lipinski definition) is 1. The molecule has 0 radical (unpaired) electrons. The van der Waals surface area contributed by atoms with Crippen LogP contribution < -0.4 is 15.1 Å². The fraction of sp³-hybridized carbons (Fsp3) is 0.362. The lowest BCUT2D eigenvalue weighted by atomic mass is 10.1. The second-order valence-corrected chi connectivity index (χ2v) is 16.8. The monoisotopic (exact) mass is 932 g/mol. The van der Waals surface area contributed by atoms with Gasteiger partial charge in [0.25, 0.3) is 0 Å². The maximum Gasteiger partial charge on any atom is 0.470 e. The summed E-state index contributed by atoms with van der Waals surface area (Å²) in [6.45, 7) is 11.3. The molecule has 354 valence electrons. The number of nitrogens with zero attached hydrogens (tertiary/aromatic N) is 9. The van der Waals surface area contributed by atoms with Gasteiger partial charge < -0.3 is 24.0 Å². The Bertz CT molecular complexity index is 2540. The Hall–Kier alpha value is -6.80. The highest BCUT2D eigenvalue weighted by molar-refractivity contribution is 5.93. The Morgan fingerprint density at radius 3 is 1.27 bits per heavy atom. The van der Waals surface area contributed by atoms with E-state index in [2.05, 4.69) is 51.5 Å². The van der Waals surface area contributed by atoms with E-state index in [9.17, 15) is 35.9 Å². The van der Waals surface area contributed by atoms with E-state index in [4.69, 9.17) is 8.83 Å². The number of anilines is 2. The molecule has 0 bridgehead atoms. The van der Waals surface area contributed by atoms with Crippen molar-refractivity contribution in [1.82, 2.24) is 40.4 Å².